The van der Waals surface area contributed by atoms with E-state index in [0.717, 1.165) is 5.56 Å². The van der Waals surface area contributed by atoms with Crippen molar-refractivity contribution in [3.63, 3.8) is 0 Å². The van der Waals surface area contributed by atoms with Gasteiger partial charge in [0.15, 0.2) is 0 Å². The number of benzene rings is 1. The van der Waals surface area contributed by atoms with E-state index in [4.69, 9.17) is 16.1 Å². The van der Waals surface area contributed by atoms with E-state index < -0.39 is 5.97 Å². The van der Waals surface area contributed by atoms with Gasteiger partial charge in [-0.1, -0.05) is 48.6 Å². The number of carbonyl (C=O) groups is 1. The summed E-state index contributed by atoms with van der Waals surface area (Å²) in [5.41, 5.74) is 5.59. The van der Waals surface area contributed by atoms with E-state index in [1.165, 1.54) is 6.08 Å². The van der Waals surface area contributed by atoms with E-state index >= 15 is 0 Å². The molecule has 3 N–H and O–H groups in total. The number of nitrogens with zero attached hydrogens (tertiary/aromatic N) is 1. The Morgan fingerprint density at radius 1 is 1.42 bits per heavy atom. The third-order valence-electron chi connectivity index (χ3n) is 1.87. The predicted octanol–water partition coefficient (Wildman–Crippen LogP) is 2.37. The molecule has 0 atom stereocenters. The van der Waals surface area contributed by atoms with Gasteiger partial charge in [-0.15, -0.1) is 6.58 Å². The summed E-state index contributed by atoms with van der Waals surface area (Å²) in [6, 6.07) is 11.0. The SMILES string of the molecule is C=CCN.N#C/C(=C\C=C\c1ccccc1)C(=O)O. The van der Waals surface area contributed by atoms with Crippen molar-refractivity contribution in [3.8, 4) is 6.07 Å². The van der Waals surface area contributed by atoms with Crippen molar-refractivity contribution in [2.75, 3.05) is 6.54 Å². The summed E-state index contributed by atoms with van der Waals surface area (Å²) in [7, 11) is 0. The van der Waals surface area contributed by atoms with Crippen molar-refractivity contribution >= 4 is 12.0 Å². The smallest absolute Gasteiger partial charge is 0.346 e. The standard InChI is InChI=1S/C12H9NO2.C3H7N/c13-9-11(12(14)15)8-4-7-10-5-2-1-3-6-10;1-2-3-4/h1-8H,(H,14,15);2H,1,3-4H2/b7-4+,11-8+;. The number of nitriles is 1. The Labute approximate surface area is 112 Å². The minimum atomic E-state index is -1.21. The quantitative estimate of drug-likeness (QED) is 0.374. The van der Waals surface area contributed by atoms with Gasteiger partial charge in [-0.2, -0.15) is 5.26 Å². The number of allylic oxidation sites excluding steroid dienone is 2. The van der Waals surface area contributed by atoms with E-state index in [0.29, 0.717) is 6.54 Å². The topological polar surface area (TPSA) is 87.1 Å². The van der Waals surface area contributed by atoms with Crippen molar-refractivity contribution in [2.45, 2.75) is 0 Å². The summed E-state index contributed by atoms with van der Waals surface area (Å²) in [4.78, 5) is 10.4. The lowest BCUT2D eigenvalue weighted by atomic mass is 10.2. The third kappa shape index (κ3) is 8.13. The summed E-state index contributed by atoms with van der Waals surface area (Å²) in [5, 5.41) is 17.0. The fourth-order valence-electron chi connectivity index (χ4n) is 0.976. The summed E-state index contributed by atoms with van der Waals surface area (Å²) in [6.45, 7) is 3.94. The van der Waals surface area contributed by atoms with Gasteiger partial charge in [0.2, 0.25) is 0 Å². The largest absolute Gasteiger partial charge is 0.477 e. The minimum Gasteiger partial charge on any atom is -0.477 e. The lowest BCUT2D eigenvalue weighted by molar-refractivity contribution is -0.132. The highest BCUT2D eigenvalue weighted by atomic mass is 16.4. The van der Waals surface area contributed by atoms with E-state index in [9.17, 15) is 4.79 Å². The molecule has 0 fully saturated rings. The van der Waals surface area contributed by atoms with Crippen molar-refractivity contribution < 1.29 is 9.90 Å². The first-order chi connectivity index (χ1) is 9.15. The van der Waals surface area contributed by atoms with Gasteiger partial charge >= 0.3 is 5.97 Å². The minimum absolute atomic E-state index is 0.276. The molecule has 1 aromatic rings. The van der Waals surface area contributed by atoms with Crippen molar-refractivity contribution in [3.05, 3.63) is 66.3 Å². The number of nitrogens with two attached hydrogens (primary N) is 1. The highest BCUT2D eigenvalue weighted by Gasteiger charge is 2.02. The molecule has 0 aliphatic heterocycles. The van der Waals surface area contributed by atoms with Crippen LogP contribution in [-0.4, -0.2) is 17.6 Å². The van der Waals surface area contributed by atoms with Crippen molar-refractivity contribution in [1.82, 2.24) is 0 Å². The summed E-state index contributed by atoms with van der Waals surface area (Å²) in [5.74, 6) is -1.21. The maximum Gasteiger partial charge on any atom is 0.346 e. The molecule has 98 valence electrons. The average Bonchev–Trinajstić information content (AvgIpc) is 2.44. The van der Waals surface area contributed by atoms with Crippen LogP contribution < -0.4 is 5.73 Å². The first kappa shape index (κ1) is 16.4. The van der Waals surface area contributed by atoms with Gasteiger partial charge in [0.1, 0.15) is 11.6 Å². The molecule has 0 aromatic heterocycles. The molecule has 0 amide bonds. The first-order valence-corrected chi connectivity index (χ1v) is 5.53. The van der Waals surface area contributed by atoms with Crippen LogP contribution in [0.5, 0.6) is 0 Å². The second-order valence-electron chi connectivity index (χ2n) is 3.29. The van der Waals surface area contributed by atoms with Gasteiger partial charge in [-0.25, -0.2) is 4.79 Å². The Balaban J connectivity index is 0.000000711. The van der Waals surface area contributed by atoms with Crippen LogP contribution in [0.1, 0.15) is 5.56 Å². The molecule has 0 radical (unpaired) electrons. The number of hydrogen-bond acceptors (Lipinski definition) is 3. The maximum absolute atomic E-state index is 10.4. The Morgan fingerprint density at radius 3 is 2.42 bits per heavy atom. The van der Waals surface area contributed by atoms with E-state index in [1.54, 1.807) is 24.3 Å². The molecular formula is C15H16N2O2. The van der Waals surface area contributed by atoms with E-state index in [-0.39, 0.29) is 5.57 Å². The first-order valence-electron chi connectivity index (χ1n) is 5.53. The van der Waals surface area contributed by atoms with E-state index in [1.807, 2.05) is 30.3 Å². The fraction of sp³-hybridized carbons (Fsp3) is 0.0667. The van der Waals surface area contributed by atoms with Crippen LogP contribution in [0, 0.1) is 11.3 Å². The summed E-state index contributed by atoms with van der Waals surface area (Å²) in [6.07, 6.45) is 6.21. The van der Waals surface area contributed by atoms with Gasteiger partial charge in [-0.3, -0.25) is 0 Å². The average molecular weight is 256 g/mol. The van der Waals surface area contributed by atoms with Gasteiger partial charge in [0, 0.05) is 6.54 Å². The Bertz CT molecular complexity index is 497. The molecule has 0 bridgehead atoms. The molecule has 0 aliphatic rings. The highest BCUT2D eigenvalue weighted by Crippen LogP contribution is 2.02. The van der Waals surface area contributed by atoms with Crippen LogP contribution in [0.2, 0.25) is 0 Å². The third-order valence-corrected chi connectivity index (χ3v) is 1.87. The molecule has 4 nitrogen and oxygen atoms in total. The van der Waals surface area contributed by atoms with Crippen molar-refractivity contribution in [1.29, 1.82) is 5.26 Å². The Kier molecular flexibility index (Phi) is 9.05. The summed E-state index contributed by atoms with van der Waals surface area (Å²) < 4.78 is 0. The number of rotatable bonds is 4. The molecule has 0 heterocycles. The van der Waals surface area contributed by atoms with Crippen LogP contribution in [0.25, 0.3) is 6.08 Å². The molecule has 0 saturated carbocycles. The van der Waals surface area contributed by atoms with Crippen LogP contribution in [0.4, 0.5) is 0 Å². The monoisotopic (exact) mass is 256 g/mol. The zero-order valence-electron chi connectivity index (χ0n) is 10.5. The van der Waals surface area contributed by atoms with Gasteiger partial charge in [0.25, 0.3) is 0 Å². The zero-order valence-corrected chi connectivity index (χ0v) is 10.5. The molecule has 0 spiro atoms. The van der Waals surface area contributed by atoms with Gasteiger partial charge in [-0.05, 0) is 11.6 Å². The second kappa shape index (κ2) is 10.5. The van der Waals surface area contributed by atoms with Crippen LogP contribution >= 0.6 is 0 Å². The van der Waals surface area contributed by atoms with Crippen molar-refractivity contribution in [2.24, 2.45) is 5.73 Å². The number of carboxylic acids is 1. The maximum atomic E-state index is 10.4. The zero-order chi connectivity index (χ0) is 14.5. The molecule has 4 heteroatoms. The summed E-state index contributed by atoms with van der Waals surface area (Å²) >= 11 is 0. The lowest BCUT2D eigenvalue weighted by Crippen LogP contribution is -1.96. The molecule has 0 aliphatic carbocycles. The van der Waals surface area contributed by atoms with Crippen LogP contribution in [0.15, 0.2) is 60.7 Å². The van der Waals surface area contributed by atoms with Crippen LogP contribution in [0.3, 0.4) is 0 Å². The normalized spacial score (nSPS) is 10.2. The second-order valence-corrected chi connectivity index (χ2v) is 3.29. The van der Waals surface area contributed by atoms with Gasteiger partial charge in [0.05, 0.1) is 0 Å². The molecular weight excluding hydrogens is 240 g/mol. The Morgan fingerprint density at radius 2 is 2.00 bits per heavy atom. The predicted molar refractivity (Wildman–Crippen MR) is 76.1 cm³/mol. The molecule has 1 rings (SSSR count). The number of aliphatic carboxylic acids is 1. The fourth-order valence-corrected chi connectivity index (χ4v) is 0.976. The van der Waals surface area contributed by atoms with E-state index in [2.05, 4.69) is 6.58 Å². The number of hydrogen-bond donors (Lipinski definition) is 2. The Hall–Kier alpha value is -2.64. The molecule has 0 saturated heterocycles. The van der Waals surface area contributed by atoms with Crippen LogP contribution in [-0.2, 0) is 4.79 Å². The lowest BCUT2D eigenvalue weighted by Gasteiger charge is -1.89. The van der Waals surface area contributed by atoms with Gasteiger partial charge < -0.3 is 10.8 Å². The molecule has 1 aromatic carbocycles. The highest BCUT2D eigenvalue weighted by molar-refractivity contribution is 5.91. The number of carboxylic acid groups (broad SMARTS) is 1. The molecule has 0 unspecified atom stereocenters. The molecule has 19 heavy (non-hydrogen) atoms.